The smallest absolute Gasteiger partial charge is 0.240 e. The molecular weight excluding hydrogens is 359 g/mol. The molecule has 2 amide bonds. The van der Waals surface area contributed by atoms with Crippen LogP contribution >= 0.6 is 0 Å². The normalized spacial score (nSPS) is 27.6. The Bertz CT molecular complexity index is 1050. The first-order valence-corrected chi connectivity index (χ1v) is 9.17. The topological polar surface area (TPSA) is 57.7 Å². The van der Waals surface area contributed by atoms with E-state index in [1.807, 2.05) is 41.4 Å². The van der Waals surface area contributed by atoms with Gasteiger partial charge < -0.3 is 4.90 Å². The van der Waals surface area contributed by atoms with E-state index in [1.165, 1.54) is 31.2 Å². The second kappa shape index (κ2) is 5.86. The molecule has 5 nitrogen and oxygen atoms in total. The first-order valence-electron chi connectivity index (χ1n) is 9.17. The summed E-state index contributed by atoms with van der Waals surface area (Å²) in [5, 5.41) is 0. The highest BCUT2D eigenvalue weighted by Gasteiger charge is 2.63. The lowest BCUT2D eigenvalue weighted by Gasteiger charge is -2.34. The molecule has 4 atom stereocenters. The fraction of sp³-hybridized carbons (Fsp3) is 0.227. The Morgan fingerprint density at radius 3 is 2.36 bits per heavy atom. The molecule has 0 spiro atoms. The number of benzene rings is 2. The summed E-state index contributed by atoms with van der Waals surface area (Å²) in [7, 11) is 0. The molecule has 3 aliphatic rings. The molecule has 28 heavy (non-hydrogen) atoms. The van der Waals surface area contributed by atoms with Crippen molar-refractivity contribution in [1.29, 1.82) is 0 Å². The summed E-state index contributed by atoms with van der Waals surface area (Å²) in [5.74, 6) is -2.74. The van der Waals surface area contributed by atoms with Gasteiger partial charge in [0.15, 0.2) is 5.78 Å². The van der Waals surface area contributed by atoms with Gasteiger partial charge in [0.05, 0.1) is 29.6 Å². The van der Waals surface area contributed by atoms with Crippen molar-refractivity contribution in [3.63, 3.8) is 0 Å². The van der Waals surface area contributed by atoms with E-state index < -0.39 is 29.6 Å². The highest BCUT2D eigenvalue weighted by molar-refractivity contribution is 6.24. The highest BCUT2D eigenvalue weighted by Crippen LogP contribution is 2.53. The van der Waals surface area contributed by atoms with E-state index in [0.717, 1.165) is 16.0 Å². The van der Waals surface area contributed by atoms with Crippen LogP contribution in [0.1, 0.15) is 24.1 Å². The number of ketones is 1. The van der Waals surface area contributed by atoms with Gasteiger partial charge >= 0.3 is 0 Å². The lowest BCUT2D eigenvalue weighted by atomic mass is 9.84. The summed E-state index contributed by atoms with van der Waals surface area (Å²) in [6, 6.07) is 11.9. The first-order chi connectivity index (χ1) is 13.5. The third kappa shape index (κ3) is 2.14. The molecule has 2 aromatic carbocycles. The maximum Gasteiger partial charge on any atom is 0.240 e. The summed E-state index contributed by atoms with van der Waals surface area (Å²) < 4.78 is 13.3. The summed E-state index contributed by atoms with van der Waals surface area (Å²) in [6.45, 7) is 1.46. The number of carbonyl (C=O) groups is 3. The number of Topliss-reactive ketones (excluding diaryl/α,β-unsaturated/α-hetero) is 1. The van der Waals surface area contributed by atoms with Crippen LogP contribution in [0.5, 0.6) is 0 Å². The van der Waals surface area contributed by atoms with Gasteiger partial charge in [0.2, 0.25) is 11.8 Å². The largest absolute Gasteiger partial charge is 0.359 e. The fourth-order valence-corrected chi connectivity index (χ4v) is 4.87. The Morgan fingerprint density at radius 2 is 1.64 bits per heavy atom. The number of hydrogen-bond donors (Lipinski definition) is 0. The van der Waals surface area contributed by atoms with Crippen molar-refractivity contribution >= 4 is 29.4 Å². The Labute approximate surface area is 161 Å². The van der Waals surface area contributed by atoms with Crippen molar-refractivity contribution in [3.8, 4) is 0 Å². The molecular formula is C22H17FN2O3. The number of rotatable bonds is 2. The molecule has 0 saturated carbocycles. The van der Waals surface area contributed by atoms with Crippen LogP contribution in [0, 0.1) is 17.7 Å². The van der Waals surface area contributed by atoms with Crippen LogP contribution in [-0.2, 0) is 14.4 Å². The van der Waals surface area contributed by atoms with Gasteiger partial charge in [-0.2, -0.15) is 0 Å². The molecule has 0 aliphatic carbocycles. The molecule has 5 rings (SSSR count). The summed E-state index contributed by atoms with van der Waals surface area (Å²) >= 11 is 0. The van der Waals surface area contributed by atoms with E-state index in [1.54, 1.807) is 0 Å². The standard InChI is InChI=1S/C22H17FN2O3/c1-12(26)19-17-18(20-16-5-3-2-4-13(16)10-11-24(19)20)22(28)25(21(17)27)15-8-6-14(23)7-9-15/h2-11,17-20H,1H3/t17-,18+,19+,20-/m1/s1. The molecule has 0 bridgehead atoms. The van der Waals surface area contributed by atoms with Gasteiger partial charge in [-0.15, -0.1) is 0 Å². The van der Waals surface area contributed by atoms with E-state index in [4.69, 9.17) is 0 Å². The number of amides is 2. The molecule has 0 radical (unpaired) electrons. The minimum Gasteiger partial charge on any atom is -0.359 e. The van der Waals surface area contributed by atoms with Crippen molar-refractivity contribution in [1.82, 2.24) is 4.90 Å². The summed E-state index contributed by atoms with van der Waals surface area (Å²) in [6.07, 6.45) is 3.73. The van der Waals surface area contributed by atoms with Crippen LogP contribution in [0.25, 0.3) is 6.08 Å². The molecule has 2 saturated heterocycles. The average Bonchev–Trinajstić information content (AvgIpc) is 3.16. The van der Waals surface area contributed by atoms with Crippen molar-refractivity contribution in [3.05, 3.63) is 71.7 Å². The molecule has 2 aromatic rings. The molecule has 0 aromatic heterocycles. The fourth-order valence-electron chi connectivity index (χ4n) is 4.87. The zero-order valence-electron chi connectivity index (χ0n) is 15.1. The van der Waals surface area contributed by atoms with Crippen LogP contribution in [-0.4, -0.2) is 28.5 Å². The van der Waals surface area contributed by atoms with E-state index in [9.17, 15) is 18.8 Å². The molecule has 2 fully saturated rings. The third-order valence-electron chi connectivity index (χ3n) is 5.96. The average molecular weight is 376 g/mol. The maximum absolute atomic E-state index is 13.4. The van der Waals surface area contributed by atoms with Crippen molar-refractivity contribution < 1.29 is 18.8 Å². The van der Waals surface area contributed by atoms with Gasteiger partial charge in [0.1, 0.15) is 5.82 Å². The number of anilines is 1. The SMILES string of the molecule is CC(=O)[C@H]1[C@@H]2C(=O)N(c3ccc(F)cc3)C(=O)[C@@H]2[C@H]2c3ccccc3C=CN21. The monoisotopic (exact) mass is 376 g/mol. The molecule has 140 valence electrons. The van der Waals surface area contributed by atoms with Gasteiger partial charge in [0.25, 0.3) is 0 Å². The molecule has 0 N–H and O–H groups in total. The Kier molecular flexibility index (Phi) is 3.53. The number of fused-ring (bicyclic) bond motifs is 5. The minimum atomic E-state index is -0.754. The molecule has 6 heteroatoms. The van der Waals surface area contributed by atoms with Crippen LogP contribution in [0.4, 0.5) is 10.1 Å². The van der Waals surface area contributed by atoms with Gasteiger partial charge in [-0.05, 0) is 48.4 Å². The molecule has 3 heterocycles. The quantitative estimate of drug-likeness (QED) is 0.757. The van der Waals surface area contributed by atoms with Crippen molar-refractivity contribution in [2.45, 2.75) is 19.0 Å². The predicted molar refractivity (Wildman–Crippen MR) is 100 cm³/mol. The Morgan fingerprint density at radius 1 is 0.964 bits per heavy atom. The van der Waals surface area contributed by atoms with Crippen LogP contribution in [0.15, 0.2) is 54.7 Å². The third-order valence-corrected chi connectivity index (χ3v) is 5.96. The van der Waals surface area contributed by atoms with E-state index in [0.29, 0.717) is 5.69 Å². The van der Waals surface area contributed by atoms with Gasteiger partial charge in [0, 0.05) is 6.20 Å². The predicted octanol–water partition coefficient (Wildman–Crippen LogP) is 2.93. The van der Waals surface area contributed by atoms with Crippen LogP contribution in [0.3, 0.4) is 0 Å². The number of nitrogens with zero attached hydrogens (tertiary/aromatic N) is 2. The van der Waals surface area contributed by atoms with Crippen LogP contribution < -0.4 is 4.90 Å². The number of hydrogen-bond acceptors (Lipinski definition) is 4. The zero-order valence-corrected chi connectivity index (χ0v) is 15.1. The van der Waals surface area contributed by atoms with Crippen LogP contribution in [0.2, 0.25) is 0 Å². The van der Waals surface area contributed by atoms with Gasteiger partial charge in [-0.3, -0.25) is 14.4 Å². The van der Waals surface area contributed by atoms with Gasteiger partial charge in [-0.1, -0.05) is 24.3 Å². The molecule has 0 unspecified atom stereocenters. The summed E-state index contributed by atoms with van der Waals surface area (Å²) in [5.41, 5.74) is 2.25. The number of halogens is 1. The van der Waals surface area contributed by atoms with E-state index in [2.05, 4.69) is 0 Å². The van der Waals surface area contributed by atoms with Crippen molar-refractivity contribution in [2.75, 3.05) is 4.90 Å². The zero-order chi connectivity index (χ0) is 19.6. The molecule has 3 aliphatic heterocycles. The van der Waals surface area contributed by atoms with Gasteiger partial charge in [-0.25, -0.2) is 9.29 Å². The van der Waals surface area contributed by atoms with E-state index in [-0.39, 0.29) is 17.7 Å². The first kappa shape index (κ1) is 16.9. The Hall–Kier alpha value is -3.28. The number of imide groups is 1. The minimum absolute atomic E-state index is 0.149. The van der Waals surface area contributed by atoms with E-state index >= 15 is 0 Å². The second-order valence-corrected chi connectivity index (χ2v) is 7.43. The lowest BCUT2D eigenvalue weighted by molar-refractivity contribution is -0.129. The Balaban J connectivity index is 1.65. The maximum atomic E-state index is 13.4. The summed E-state index contributed by atoms with van der Waals surface area (Å²) in [4.78, 5) is 42.1. The highest BCUT2D eigenvalue weighted by atomic mass is 19.1. The second-order valence-electron chi connectivity index (χ2n) is 7.43. The van der Waals surface area contributed by atoms with Crippen molar-refractivity contribution in [2.24, 2.45) is 11.8 Å². The lowest BCUT2D eigenvalue weighted by Crippen LogP contribution is -2.43. The number of carbonyl (C=O) groups excluding carboxylic acids is 3.